The van der Waals surface area contributed by atoms with E-state index in [9.17, 15) is 0 Å². The molecule has 0 amide bonds. The smallest absolute Gasteiger partial charge is 0.151 e. The molecule has 1 nitrogen and oxygen atoms in total. The fourth-order valence-corrected chi connectivity index (χ4v) is 4.01. The Morgan fingerprint density at radius 2 is 1.59 bits per heavy atom. The molecule has 0 unspecified atom stereocenters. The molecular formula is C12H4Br4O. The van der Waals surface area contributed by atoms with Crippen LogP contribution < -0.4 is 0 Å². The summed E-state index contributed by atoms with van der Waals surface area (Å²) in [6.45, 7) is 0. The van der Waals surface area contributed by atoms with E-state index in [1.165, 1.54) is 0 Å². The standard InChI is InChI=1S/C12H4Br4O/c13-6-3-1-2-5-9-7(14)4-8(15)10(16)12(9)17-11(5)6/h1-4H. The molecule has 0 radical (unpaired) electrons. The van der Waals surface area contributed by atoms with Gasteiger partial charge >= 0.3 is 0 Å². The van der Waals surface area contributed by atoms with Crippen molar-refractivity contribution in [3.63, 3.8) is 0 Å². The summed E-state index contributed by atoms with van der Waals surface area (Å²) < 4.78 is 9.79. The van der Waals surface area contributed by atoms with Gasteiger partial charge in [0.25, 0.3) is 0 Å². The van der Waals surface area contributed by atoms with E-state index in [0.29, 0.717) is 0 Å². The van der Waals surface area contributed by atoms with E-state index < -0.39 is 0 Å². The van der Waals surface area contributed by atoms with Crippen LogP contribution in [0.15, 0.2) is 46.6 Å². The van der Waals surface area contributed by atoms with Gasteiger partial charge in [0.1, 0.15) is 5.58 Å². The third-order valence-corrected chi connectivity index (χ3v) is 5.76. The van der Waals surface area contributed by atoms with Crippen LogP contribution in [0.4, 0.5) is 0 Å². The monoisotopic (exact) mass is 480 g/mol. The molecule has 0 aliphatic heterocycles. The summed E-state index contributed by atoms with van der Waals surface area (Å²) in [5.74, 6) is 0. The first-order chi connectivity index (χ1) is 8.09. The molecule has 0 saturated heterocycles. The van der Waals surface area contributed by atoms with Gasteiger partial charge in [0.15, 0.2) is 5.58 Å². The molecule has 0 bridgehead atoms. The van der Waals surface area contributed by atoms with Crippen LogP contribution in [0.3, 0.4) is 0 Å². The van der Waals surface area contributed by atoms with Crippen LogP contribution >= 0.6 is 63.7 Å². The molecule has 2 aromatic carbocycles. The van der Waals surface area contributed by atoms with E-state index in [0.717, 1.165) is 39.8 Å². The molecule has 1 aromatic heterocycles. The summed E-state index contributed by atoms with van der Waals surface area (Å²) >= 11 is 14.1. The number of benzene rings is 2. The lowest BCUT2D eigenvalue weighted by Crippen LogP contribution is -1.74. The first kappa shape index (κ1) is 12.2. The molecule has 0 N–H and O–H groups in total. The Labute approximate surface area is 131 Å². The molecule has 0 saturated carbocycles. The van der Waals surface area contributed by atoms with Crippen molar-refractivity contribution < 1.29 is 4.42 Å². The van der Waals surface area contributed by atoms with Crippen LogP contribution in [0.1, 0.15) is 0 Å². The van der Waals surface area contributed by atoms with E-state index >= 15 is 0 Å². The van der Waals surface area contributed by atoms with Crippen molar-refractivity contribution in [1.82, 2.24) is 0 Å². The highest BCUT2D eigenvalue weighted by Gasteiger charge is 2.16. The van der Waals surface area contributed by atoms with E-state index in [1.54, 1.807) is 0 Å². The summed E-state index contributed by atoms with van der Waals surface area (Å²) in [6, 6.07) is 8.05. The minimum absolute atomic E-state index is 0.841. The maximum absolute atomic E-state index is 5.92. The Hall–Kier alpha value is 0.160. The Bertz CT molecular complexity index is 745. The zero-order chi connectivity index (χ0) is 12.2. The molecule has 17 heavy (non-hydrogen) atoms. The summed E-state index contributed by atoms with van der Waals surface area (Å²) in [5.41, 5.74) is 1.70. The van der Waals surface area contributed by atoms with Gasteiger partial charge in [0.05, 0.1) is 8.95 Å². The largest absolute Gasteiger partial charge is 0.454 e. The third-order valence-electron chi connectivity index (χ3n) is 2.57. The number of halogens is 4. The van der Waals surface area contributed by atoms with Gasteiger partial charge in [-0.25, -0.2) is 0 Å². The van der Waals surface area contributed by atoms with Crippen LogP contribution in [0, 0.1) is 0 Å². The molecule has 5 heteroatoms. The average Bonchev–Trinajstić information content (AvgIpc) is 2.67. The SMILES string of the molecule is Brc1cc(Br)c2c(oc3c(Br)cccc32)c1Br. The van der Waals surface area contributed by atoms with Gasteiger partial charge < -0.3 is 4.42 Å². The van der Waals surface area contributed by atoms with Gasteiger partial charge in [0.2, 0.25) is 0 Å². The van der Waals surface area contributed by atoms with Gasteiger partial charge in [-0.1, -0.05) is 12.1 Å². The lowest BCUT2D eigenvalue weighted by molar-refractivity contribution is 0.664. The van der Waals surface area contributed by atoms with E-state index in [4.69, 9.17) is 4.42 Å². The molecule has 0 spiro atoms. The molecular weight excluding hydrogens is 480 g/mol. The van der Waals surface area contributed by atoms with Gasteiger partial charge in [-0.2, -0.15) is 0 Å². The van der Waals surface area contributed by atoms with Crippen LogP contribution in [0.2, 0.25) is 0 Å². The summed E-state index contributed by atoms with van der Waals surface area (Å²) in [6.07, 6.45) is 0. The second-order valence-electron chi connectivity index (χ2n) is 3.58. The van der Waals surface area contributed by atoms with Crippen molar-refractivity contribution in [3.8, 4) is 0 Å². The maximum Gasteiger partial charge on any atom is 0.151 e. The second kappa shape index (κ2) is 4.37. The summed E-state index contributed by atoms with van der Waals surface area (Å²) in [7, 11) is 0. The molecule has 0 aliphatic rings. The Kier molecular flexibility index (Phi) is 3.14. The van der Waals surface area contributed by atoms with Gasteiger partial charge in [-0.3, -0.25) is 0 Å². The lowest BCUT2D eigenvalue weighted by Gasteiger charge is -1.99. The quantitative estimate of drug-likeness (QED) is 0.327. The average molecular weight is 484 g/mol. The minimum atomic E-state index is 0.841. The number of furan rings is 1. The number of para-hydroxylation sites is 1. The molecule has 1 heterocycles. The predicted molar refractivity (Wildman–Crippen MR) is 84.5 cm³/mol. The predicted octanol–water partition coefficient (Wildman–Crippen LogP) is 6.64. The van der Waals surface area contributed by atoms with Crippen molar-refractivity contribution in [2.24, 2.45) is 0 Å². The molecule has 0 aliphatic carbocycles. The van der Waals surface area contributed by atoms with Crippen LogP contribution in [-0.4, -0.2) is 0 Å². The fourth-order valence-electron chi connectivity index (χ4n) is 1.83. The number of hydrogen-bond donors (Lipinski definition) is 0. The number of fused-ring (bicyclic) bond motifs is 3. The first-order valence-electron chi connectivity index (χ1n) is 4.74. The highest BCUT2D eigenvalue weighted by Crippen LogP contribution is 2.43. The van der Waals surface area contributed by atoms with Gasteiger partial charge in [0, 0.05) is 19.7 Å². The topological polar surface area (TPSA) is 13.1 Å². The van der Waals surface area contributed by atoms with Crippen molar-refractivity contribution >= 4 is 85.7 Å². The fraction of sp³-hybridized carbons (Fsp3) is 0. The van der Waals surface area contributed by atoms with Crippen molar-refractivity contribution in [2.45, 2.75) is 0 Å². The van der Waals surface area contributed by atoms with Crippen LogP contribution in [0.25, 0.3) is 21.9 Å². The van der Waals surface area contributed by atoms with Gasteiger partial charge in [-0.15, -0.1) is 0 Å². The molecule has 0 fully saturated rings. The van der Waals surface area contributed by atoms with E-state index in [-0.39, 0.29) is 0 Å². The zero-order valence-electron chi connectivity index (χ0n) is 8.23. The number of rotatable bonds is 0. The normalized spacial score (nSPS) is 11.5. The van der Waals surface area contributed by atoms with Crippen LogP contribution in [-0.2, 0) is 0 Å². The summed E-state index contributed by atoms with van der Waals surface area (Å²) in [4.78, 5) is 0. The van der Waals surface area contributed by atoms with E-state index in [2.05, 4.69) is 69.8 Å². The maximum atomic E-state index is 5.92. The van der Waals surface area contributed by atoms with Crippen LogP contribution in [0.5, 0.6) is 0 Å². The highest BCUT2D eigenvalue weighted by molar-refractivity contribution is 9.13. The van der Waals surface area contributed by atoms with Gasteiger partial charge in [-0.05, 0) is 75.9 Å². The third kappa shape index (κ3) is 1.82. The van der Waals surface area contributed by atoms with Crippen molar-refractivity contribution in [3.05, 3.63) is 42.2 Å². The lowest BCUT2D eigenvalue weighted by atomic mass is 10.1. The minimum Gasteiger partial charge on any atom is -0.454 e. The van der Waals surface area contributed by atoms with Crippen molar-refractivity contribution in [2.75, 3.05) is 0 Å². The Balaban J connectivity index is 2.65. The second-order valence-corrected chi connectivity index (χ2v) is 6.93. The Morgan fingerprint density at radius 1 is 0.824 bits per heavy atom. The number of hydrogen-bond acceptors (Lipinski definition) is 1. The highest BCUT2D eigenvalue weighted by atomic mass is 79.9. The molecule has 3 aromatic rings. The summed E-state index contributed by atoms with van der Waals surface area (Å²) in [5, 5.41) is 2.17. The molecule has 0 atom stereocenters. The zero-order valence-corrected chi connectivity index (χ0v) is 14.6. The molecule has 3 rings (SSSR count). The molecule has 86 valence electrons. The first-order valence-corrected chi connectivity index (χ1v) is 7.91. The van der Waals surface area contributed by atoms with Crippen molar-refractivity contribution in [1.29, 1.82) is 0 Å². The Morgan fingerprint density at radius 3 is 2.35 bits per heavy atom. The van der Waals surface area contributed by atoms with E-state index in [1.807, 2.05) is 18.2 Å².